The van der Waals surface area contributed by atoms with Gasteiger partial charge in [0.15, 0.2) is 0 Å². The molecular weight excluding hydrogens is 338 g/mol. The fraction of sp³-hybridized carbons (Fsp3) is 0.227. The Hall–Kier alpha value is -3.39. The number of benzene rings is 1. The zero-order valence-electron chi connectivity index (χ0n) is 15.6. The Balaban J connectivity index is 1.99. The Bertz CT molecular complexity index is 995. The minimum Gasteiger partial charge on any atom is -0.462 e. The maximum atomic E-state index is 12.0. The smallest absolute Gasteiger partial charge is 0.338 e. The maximum absolute atomic E-state index is 12.0. The Morgan fingerprint density at radius 3 is 2.59 bits per heavy atom. The van der Waals surface area contributed by atoms with Crippen molar-refractivity contribution in [3.63, 3.8) is 0 Å². The van der Waals surface area contributed by atoms with Crippen molar-refractivity contribution in [2.24, 2.45) is 0 Å². The van der Waals surface area contributed by atoms with Crippen LogP contribution in [0.1, 0.15) is 48.2 Å². The number of nitriles is 1. The molecule has 0 unspecified atom stereocenters. The molecule has 0 spiro atoms. The Labute approximate surface area is 158 Å². The standard InChI is InChI=1S/C22H21N3O2/c1-4-27-22(26)18-9-10-24-21(11-18)25-13-19(12-23)20(14-25)17-7-5-16(6-8-17)15(2)3/h5-11,13-15H,4H2,1-3H3. The molecule has 0 aliphatic rings. The predicted molar refractivity (Wildman–Crippen MR) is 104 cm³/mol. The van der Waals surface area contributed by atoms with Crippen molar-refractivity contribution in [1.29, 1.82) is 5.26 Å². The zero-order valence-corrected chi connectivity index (χ0v) is 15.6. The molecule has 5 heteroatoms. The number of rotatable bonds is 5. The summed E-state index contributed by atoms with van der Waals surface area (Å²) in [5.74, 6) is 0.620. The topological polar surface area (TPSA) is 67.9 Å². The van der Waals surface area contributed by atoms with Crippen LogP contribution in [0, 0.1) is 11.3 Å². The third-order valence-corrected chi connectivity index (χ3v) is 4.36. The number of carbonyl (C=O) groups is 1. The molecule has 0 atom stereocenters. The lowest BCUT2D eigenvalue weighted by Gasteiger charge is -2.06. The van der Waals surface area contributed by atoms with Gasteiger partial charge >= 0.3 is 5.97 Å². The van der Waals surface area contributed by atoms with E-state index in [-0.39, 0.29) is 0 Å². The lowest BCUT2D eigenvalue weighted by atomic mass is 9.99. The summed E-state index contributed by atoms with van der Waals surface area (Å²) < 4.78 is 6.80. The molecule has 0 saturated carbocycles. The lowest BCUT2D eigenvalue weighted by Crippen LogP contribution is -2.06. The first-order valence-electron chi connectivity index (χ1n) is 8.89. The maximum Gasteiger partial charge on any atom is 0.338 e. The molecule has 0 fully saturated rings. The van der Waals surface area contributed by atoms with Gasteiger partial charge in [0.2, 0.25) is 0 Å². The van der Waals surface area contributed by atoms with Gasteiger partial charge in [-0.25, -0.2) is 9.78 Å². The highest BCUT2D eigenvalue weighted by molar-refractivity contribution is 5.89. The predicted octanol–water partition coefficient (Wildman–Crippen LogP) is 4.71. The molecule has 27 heavy (non-hydrogen) atoms. The number of carbonyl (C=O) groups excluding carboxylic acids is 1. The van der Waals surface area contributed by atoms with Crippen molar-refractivity contribution in [3.05, 3.63) is 71.7 Å². The third-order valence-electron chi connectivity index (χ3n) is 4.36. The van der Waals surface area contributed by atoms with E-state index in [0.717, 1.165) is 11.1 Å². The number of nitrogens with zero attached hydrogens (tertiary/aromatic N) is 3. The molecule has 0 N–H and O–H groups in total. The molecule has 2 heterocycles. The molecule has 3 aromatic rings. The molecule has 0 saturated heterocycles. The molecule has 1 aromatic carbocycles. The summed E-state index contributed by atoms with van der Waals surface area (Å²) in [5.41, 5.74) is 4.03. The zero-order chi connectivity index (χ0) is 19.4. The van der Waals surface area contributed by atoms with Gasteiger partial charge in [-0.3, -0.25) is 0 Å². The average Bonchev–Trinajstić information content (AvgIpc) is 3.13. The first-order valence-corrected chi connectivity index (χ1v) is 8.89. The van der Waals surface area contributed by atoms with Crippen molar-refractivity contribution < 1.29 is 9.53 Å². The van der Waals surface area contributed by atoms with Gasteiger partial charge in [-0.15, -0.1) is 0 Å². The summed E-state index contributed by atoms with van der Waals surface area (Å²) in [5, 5.41) is 9.54. The SMILES string of the molecule is CCOC(=O)c1ccnc(-n2cc(C#N)c(-c3ccc(C(C)C)cc3)c2)c1. The molecule has 0 aliphatic heterocycles. The van der Waals surface area contributed by atoms with E-state index in [2.05, 4.69) is 37.0 Å². The highest BCUT2D eigenvalue weighted by Gasteiger charge is 2.13. The summed E-state index contributed by atoms with van der Waals surface area (Å²) in [4.78, 5) is 16.3. The second kappa shape index (κ2) is 7.88. The monoisotopic (exact) mass is 359 g/mol. The largest absolute Gasteiger partial charge is 0.462 e. The molecule has 5 nitrogen and oxygen atoms in total. The minimum absolute atomic E-state index is 0.315. The number of hydrogen-bond acceptors (Lipinski definition) is 4. The average molecular weight is 359 g/mol. The van der Waals surface area contributed by atoms with Crippen LogP contribution in [0.3, 0.4) is 0 Å². The van der Waals surface area contributed by atoms with Crippen LogP contribution in [-0.4, -0.2) is 22.1 Å². The summed E-state index contributed by atoms with van der Waals surface area (Å²) >= 11 is 0. The first kappa shape index (κ1) is 18.4. The summed E-state index contributed by atoms with van der Waals surface area (Å²) in [6, 6.07) is 13.7. The molecule has 0 radical (unpaired) electrons. The van der Waals surface area contributed by atoms with E-state index in [0.29, 0.717) is 29.5 Å². The van der Waals surface area contributed by atoms with Crippen molar-refractivity contribution in [1.82, 2.24) is 9.55 Å². The van der Waals surface area contributed by atoms with Gasteiger partial charge in [0, 0.05) is 24.2 Å². The summed E-state index contributed by atoms with van der Waals surface area (Å²) in [7, 11) is 0. The van der Waals surface area contributed by atoms with E-state index >= 15 is 0 Å². The van der Waals surface area contributed by atoms with Crippen LogP contribution >= 0.6 is 0 Å². The fourth-order valence-corrected chi connectivity index (χ4v) is 2.85. The highest BCUT2D eigenvalue weighted by Crippen LogP contribution is 2.27. The van der Waals surface area contributed by atoms with Crippen LogP contribution in [-0.2, 0) is 4.74 Å². The summed E-state index contributed by atoms with van der Waals surface area (Å²) in [6.07, 6.45) is 5.15. The second-order valence-electron chi connectivity index (χ2n) is 6.50. The molecule has 3 rings (SSSR count). The van der Waals surface area contributed by atoms with Crippen molar-refractivity contribution in [3.8, 4) is 23.0 Å². The molecule has 0 aliphatic carbocycles. The quantitative estimate of drug-likeness (QED) is 0.619. The van der Waals surface area contributed by atoms with Gasteiger partial charge in [-0.05, 0) is 36.1 Å². The van der Waals surface area contributed by atoms with E-state index in [1.807, 2.05) is 18.3 Å². The molecule has 136 valence electrons. The number of aromatic nitrogens is 2. The van der Waals surface area contributed by atoms with Crippen LogP contribution < -0.4 is 0 Å². The van der Waals surface area contributed by atoms with Crippen molar-refractivity contribution in [2.75, 3.05) is 6.61 Å². The Morgan fingerprint density at radius 2 is 1.96 bits per heavy atom. The highest BCUT2D eigenvalue weighted by atomic mass is 16.5. The van der Waals surface area contributed by atoms with E-state index in [1.165, 1.54) is 5.56 Å². The Kier molecular flexibility index (Phi) is 5.37. The minimum atomic E-state index is -0.390. The van der Waals surface area contributed by atoms with E-state index < -0.39 is 5.97 Å². The Morgan fingerprint density at radius 1 is 1.22 bits per heavy atom. The normalized spacial score (nSPS) is 10.6. The van der Waals surface area contributed by atoms with Gasteiger partial charge in [0.1, 0.15) is 11.9 Å². The van der Waals surface area contributed by atoms with Gasteiger partial charge < -0.3 is 9.30 Å². The second-order valence-corrected chi connectivity index (χ2v) is 6.50. The first-order chi connectivity index (χ1) is 13.0. The molecule has 0 bridgehead atoms. The van der Waals surface area contributed by atoms with Crippen LogP contribution in [0.4, 0.5) is 0 Å². The van der Waals surface area contributed by atoms with Crippen LogP contribution in [0.15, 0.2) is 55.0 Å². The lowest BCUT2D eigenvalue weighted by molar-refractivity contribution is 0.0526. The fourth-order valence-electron chi connectivity index (χ4n) is 2.85. The van der Waals surface area contributed by atoms with Crippen LogP contribution in [0.25, 0.3) is 16.9 Å². The van der Waals surface area contributed by atoms with E-state index in [1.54, 1.807) is 36.0 Å². The van der Waals surface area contributed by atoms with Gasteiger partial charge in [-0.2, -0.15) is 5.26 Å². The molecular formula is C22H21N3O2. The number of pyridine rings is 1. The van der Waals surface area contributed by atoms with Crippen molar-refractivity contribution in [2.45, 2.75) is 26.7 Å². The number of hydrogen-bond donors (Lipinski definition) is 0. The van der Waals surface area contributed by atoms with Crippen molar-refractivity contribution >= 4 is 5.97 Å². The summed E-state index contributed by atoms with van der Waals surface area (Å²) in [6.45, 7) is 6.37. The van der Waals surface area contributed by atoms with E-state index in [4.69, 9.17) is 4.74 Å². The van der Waals surface area contributed by atoms with Crippen LogP contribution in [0.2, 0.25) is 0 Å². The van der Waals surface area contributed by atoms with Gasteiger partial charge in [0.05, 0.1) is 17.7 Å². The molecule has 2 aromatic heterocycles. The third kappa shape index (κ3) is 3.90. The number of ether oxygens (including phenoxy) is 1. The van der Waals surface area contributed by atoms with Gasteiger partial charge in [-0.1, -0.05) is 38.1 Å². The van der Waals surface area contributed by atoms with Crippen LogP contribution in [0.5, 0.6) is 0 Å². The van der Waals surface area contributed by atoms with Gasteiger partial charge in [0.25, 0.3) is 0 Å². The number of esters is 1. The van der Waals surface area contributed by atoms with E-state index in [9.17, 15) is 10.1 Å². The molecule has 0 amide bonds.